The Bertz CT molecular complexity index is 1830. The topological polar surface area (TPSA) is 124 Å². The SMILES string of the molecule is CN1CCN(C(=O)c2ccc3c(c2)[nH]c2c(C(N)=O)ccc(-c4cccc(NC(=O)c5ccccn5)c4F)c23)CC1. The van der Waals surface area contributed by atoms with E-state index in [-0.39, 0.29) is 28.4 Å². The minimum absolute atomic E-state index is 0.00909. The van der Waals surface area contributed by atoms with Gasteiger partial charge >= 0.3 is 0 Å². The quantitative estimate of drug-likeness (QED) is 0.302. The molecule has 2 aromatic heterocycles. The number of rotatable bonds is 5. The third-order valence-corrected chi connectivity index (χ3v) is 7.49. The predicted octanol–water partition coefficient (Wildman–Crippen LogP) is 4.26. The van der Waals surface area contributed by atoms with Gasteiger partial charge in [-0.05, 0) is 49.0 Å². The number of aromatic amines is 1. The van der Waals surface area contributed by atoms with Crippen molar-refractivity contribution in [2.24, 2.45) is 5.73 Å². The molecule has 4 N–H and O–H groups in total. The smallest absolute Gasteiger partial charge is 0.274 e. The molecule has 0 atom stereocenters. The van der Waals surface area contributed by atoms with E-state index in [0.717, 1.165) is 13.1 Å². The molecule has 0 unspecified atom stereocenters. The van der Waals surface area contributed by atoms with E-state index in [9.17, 15) is 14.4 Å². The predicted molar refractivity (Wildman–Crippen MR) is 155 cm³/mol. The van der Waals surface area contributed by atoms with Gasteiger partial charge in [-0.15, -0.1) is 0 Å². The van der Waals surface area contributed by atoms with Crippen molar-refractivity contribution in [2.75, 3.05) is 38.5 Å². The highest BCUT2D eigenvalue weighted by atomic mass is 19.1. The fourth-order valence-corrected chi connectivity index (χ4v) is 5.29. The first-order chi connectivity index (χ1) is 19.8. The van der Waals surface area contributed by atoms with Gasteiger partial charge in [0.05, 0.1) is 16.8 Å². The molecule has 1 saturated heterocycles. The molecular formula is C31H27FN6O3. The van der Waals surface area contributed by atoms with Gasteiger partial charge in [-0.1, -0.05) is 30.3 Å². The minimum atomic E-state index is -0.640. The van der Waals surface area contributed by atoms with Crippen molar-refractivity contribution in [3.63, 3.8) is 0 Å². The molecule has 0 aliphatic carbocycles. The molecule has 41 heavy (non-hydrogen) atoms. The fraction of sp³-hybridized carbons (Fsp3) is 0.161. The lowest BCUT2D eigenvalue weighted by Gasteiger charge is -2.32. The van der Waals surface area contributed by atoms with Crippen LogP contribution in [0.3, 0.4) is 0 Å². The number of anilines is 1. The summed E-state index contributed by atoms with van der Waals surface area (Å²) in [6, 6.07) is 18.1. The zero-order valence-corrected chi connectivity index (χ0v) is 22.3. The van der Waals surface area contributed by atoms with E-state index in [1.807, 2.05) is 11.9 Å². The lowest BCUT2D eigenvalue weighted by atomic mass is 9.95. The summed E-state index contributed by atoms with van der Waals surface area (Å²) < 4.78 is 15.9. The van der Waals surface area contributed by atoms with Crippen molar-refractivity contribution in [1.82, 2.24) is 19.8 Å². The van der Waals surface area contributed by atoms with Crippen LogP contribution in [0.5, 0.6) is 0 Å². The summed E-state index contributed by atoms with van der Waals surface area (Å²) >= 11 is 0. The van der Waals surface area contributed by atoms with Crippen LogP contribution in [0, 0.1) is 5.82 Å². The van der Waals surface area contributed by atoms with E-state index in [0.29, 0.717) is 46.0 Å². The summed E-state index contributed by atoms with van der Waals surface area (Å²) in [5.74, 6) is -1.89. The summed E-state index contributed by atoms with van der Waals surface area (Å²) in [4.78, 5) is 49.5. The average molecular weight is 551 g/mol. The maximum Gasteiger partial charge on any atom is 0.274 e. The number of H-pyrrole nitrogens is 1. The van der Waals surface area contributed by atoms with Crippen LogP contribution in [0.25, 0.3) is 32.9 Å². The fourth-order valence-electron chi connectivity index (χ4n) is 5.29. The van der Waals surface area contributed by atoms with Crippen molar-refractivity contribution in [1.29, 1.82) is 0 Å². The van der Waals surface area contributed by atoms with Crippen molar-refractivity contribution in [3.05, 3.63) is 95.6 Å². The lowest BCUT2D eigenvalue weighted by molar-refractivity contribution is 0.0664. The number of piperazine rings is 1. The first-order valence-corrected chi connectivity index (χ1v) is 13.2. The third-order valence-electron chi connectivity index (χ3n) is 7.49. The van der Waals surface area contributed by atoms with E-state index >= 15 is 4.39 Å². The average Bonchev–Trinajstić information content (AvgIpc) is 3.37. The Labute approximate surface area is 234 Å². The van der Waals surface area contributed by atoms with Gasteiger partial charge < -0.3 is 25.8 Å². The molecule has 9 nitrogen and oxygen atoms in total. The molecule has 3 heterocycles. The number of aromatic nitrogens is 2. The Morgan fingerprint density at radius 1 is 0.951 bits per heavy atom. The molecule has 0 spiro atoms. The van der Waals surface area contributed by atoms with Crippen molar-refractivity contribution >= 4 is 45.2 Å². The number of nitrogens with zero attached hydrogens (tertiary/aromatic N) is 3. The Morgan fingerprint density at radius 3 is 2.49 bits per heavy atom. The summed E-state index contributed by atoms with van der Waals surface area (Å²) in [6.45, 7) is 2.89. The zero-order chi connectivity index (χ0) is 28.7. The Balaban J connectivity index is 1.44. The van der Waals surface area contributed by atoms with Gasteiger partial charge in [0.2, 0.25) is 0 Å². The largest absolute Gasteiger partial charge is 0.366 e. The number of primary amides is 1. The van der Waals surface area contributed by atoms with Gasteiger partial charge in [0.25, 0.3) is 17.7 Å². The molecule has 3 amide bonds. The molecule has 10 heteroatoms. The molecule has 3 aromatic carbocycles. The first kappa shape index (κ1) is 26.1. The normalized spacial score (nSPS) is 14.0. The molecular weight excluding hydrogens is 523 g/mol. The number of halogens is 1. The van der Waals surface area contributed by atoms with Crippen LogP contribution in [0.4, 0.5) is 10.1 Å². The highest BCUT2D eigenvalue weighted by molar-refractivity contribution is 6.20. The number of amides is 3. The van der Waals surface area contributed by atoms with Crippen LogP contribution in [0.2, 0.25) is 0 Å². The number of benzene rings is 3. The summed E-state index contributed by atoms with van der Waals surface area (Å²) in [5, 5.41) is 3.88. The second-order valence-electron chi connectivity index (χ2n) is 10.1. The number of nitrogens with one attached hydrogen (secondary N) is 2. The van der Waals surface area contributed by atoms with Crippen LogP contribution in [-0.4, -0.2) is 70.7 Å². The summed E-state index contributed by atoms with van der Waals surface area (Å²) in [6.07, 6.45) is 1.49. The van der Waals surface area contributed by atoms with Gasteiger partial charge in [0.1, 0.15) is 5.69 Å². The van der Waals surface area contributed by atoms with Crippen LogP contribution in [-0.2, 0) is 0 Å². The standard InChI is InChI=1S/C31H27FN6O3/c1-37-13-15-38(16-14-37)31(41)18-8-9-21-25(17-18)35-28-22(29(33)39)11-10-19(26(21)28)20-5-4-7-23(27(20)32)36-30(40)24-6-2-3-12-34-24/h2-12,17,35H,13-16H2,1H3,(H2,33,39)(H,36,40). The molecule has 1 aliphatic rings. The highest BCUT2D eigenvalue weighted by Gasteiger charge is 2.23. The number of carbonyl (C=O) groups excluding carboxylic acids is 3. The Kier molecular flexibility index (Phi) is 6.68. The van der Waals surface area contributed by atoms with Gasteiger partial charge in [-0.2, -0.15) is 0 Å². The highest BCUT2D eigenvalue weighted by Crippen LogP contribution is 2.39. The third kappa shape index (κ3) is 4.78. The molecule has 0 saturated carbocycles. The van der Waals surface area contributed by atoms with Crippen LogP contribution < -0.4 is 11.1 Å². The molecule has 206 valence electrons. The van der Waals surface area contributed by atoms with Crippen LogP contribution in [0.1, 0.15) is 31.2 Å². The number of likely N-dealkylation sites (N-methyl/N-ethyl adjacent to an activating group) is 1. The minimum Gasteiger partial charge on any atom is -0.366 e. The van der Waals surface area contributed by atoms with Gasteiger partial charge in [0.15, 0.2) is 5.82 Å². The van der Waals surface area contributed by atoms with E-state index in [2.05, 4.69) is 20.2 Å². The van der Waals surface area contributed by atoms with Crippen molar-refractivity contribution < 1.29 is 18.8 Å². The zero-order valence-electron chi connectivity index (χ0n) is 22.3. The molecule has 5 aromatic rings. The van der Waals surface area contributed by atoms with E-state index < -0.39 is 17.6 Å². The number of fused-ring (bicyclic) bond motifs is 3. The number of hydrogen-bond donors (Lipinski definition) is 3. The van der Waals surface area contributed by atoms with E-state index in [1.54, 1.807) is 54.6 Å². The second kappa shape index (κ2) is 10.5. The van der Waals surface area contributed by atoms with Gasteiger partial charge in [-0.25, -0.2) is 4.39 Å². The number of carbonyl (C=O) groups is 3. The summed E-state index contributed by atoms with van der Waals surface area (Å²) in [7, 11) is 2.03. The van der Waals surface area contributed by atoms with Gasteiger partial charge in [0, 0.05) is 59.8 Å². The maximum atomic E-state index is 15.9. The lowest BCUT2D eigenvalue weighted by Crippen LogP contribution is -2.47. The molecule has 0 radical (unpaired) electrons. The van der Waals surface area contributed by atoms with Crippen molar-refractivity contribution in [2.45, 2.75) is 0 Å². The second-order valence-corrected chi connectivity index (χ2v) is 10.1. The van der Waals surface area contributed by atoms with E-state index in [1.165, 1.54) is 18.3 Å². The number of nitrogens with two attached hydrogens (primary N) is 1. The Hall–Kier alpha value is -5.09. The van der Waals surface area contributed by atoms with Crippen molar-refractivity contribution in [3.8, 4) is 11.1 Å². The van der Waals surface area contributed by atoms with Gasteiger partial charge in [-0.3, -0.25) is 19.4 Å². The number of hydrogen-bond acceptors (Lipinski definition) is 5. The van der Waals surface area contributed by atoms with Crippen LogP contribution >= 0.6 is 0 Å². The maximum absolute atomic E-state index is 15.9. The van der Waals surface area contributed by atoms with E-state index in [4.69, 9.17) is 5.73 Å². The molecule has 1 aliphatic heterocycles. The number of pyridine rings is 1. The van der Waals surface area contributed by atoms with Crippen LogP contribution in [0.15, 0.2) is 72.9 Å². The molecule has 0 bridgehead atoms. The molecule has 1 fully saturated rings. The monoisotopic (exact) mass is 550 g/mol. The first-order valence-electron chi connectivity index (χ1n) is 13.2. The Morgan fingerprint density at radius 2 is 1.76 bits per heavy atom. The summed E-state index contributed by atoms with van der Waals surface area (Å²) in [5.41, 5.74) is 8.38. The molecule has 6 rings (SSSR count).